The Morgan fingerprint density at radius 2 is 2.10 bits per heavy atom. The van der Waals surface area contributed by atoms with Gasteiger partial charge < -0.3 is 21.5 Å². The highest BCUT2D eigenvalue weighted by Crippen LogP contribution is 2.29. The lowest BCUT2D eigenvalue weighted by Gasteiger charge is -2.17. The van der Waals surface area contributed by atoms with E-state index in [1.807, 2.05) is 0 Å². The van der Waals surface area contributed by atoms with Crippen LogP contribution in [0.2, 0.25) is 0 Å². The van der Waals surface area contributed by atoms with E-state index in [1.165, 1.54) is 13.2 Å². The molecule has 5 N–H and O–H groups in total. The number of hydrogen-bond donors (Lipinski definition) is 3. The Bertz CT molecular complexity index is 530. The number of benzene rings is 1. The maximum Gasteiger partial charge on any atom is 0.248 e. The second kappa shape index (κ2) is 5.92. The van der Waals surface area contributed by atoms with E-state index in [0.29, 0.717) is 17.0 Å². The largest absolute Gasteiger partial charge is 0.495 e. The average molecular weight is 277 g/mol. The Hall–Kier alpha value is -2.08. The summed E-state index contributed by atoms with van der Waals surface area (Å²) in [5.74, 6) is -0.414. The first-order valence-electron chi connectivity index (χ1n) is 6.57. The highest BCUT2D eigenvalue weighted by Gasteiger charge is 2.30. The third-order valence-electron chi connectivity index (χ3n) is 3.65. The molecule has 0 radical (unpaired) electrons. The smallest absolute Gasteiger partial charge is 0.248 e. The summed E-state index contributed by atoms with van der Waals surface area (Å²) >= 11 is 0. The fourth-order valence-corrected chi connectivity index (χ4v) is 2.50. The molecule has 2 rings (SSSR count). The van der Waals surface area contributed by atoms with Crippen molar-refractivity contribution in [2.24, 2.45) is 17.4 Å². The minimum absolute atomic E-state index is 0.111. The van der Waals surface area contributed by atoms with Crippen molar-refractivity contribution in [2.75, 3.05) is 12.4 Å². The Morgan fingerprint density at radius 3 is 2.65 bits per heavy atom. The number of carbonyl (C=O) groups is 2. The van der Waals surface area contributed by atoms with Gasteiger partial charge in [0.1, 0.15) is 5.75 Å². The molecule has 1 aliphatic carbocycles. The zero-order valence-electron chi connectivity index (χ0n) is 11.4. The summed E-state index contributed by atoms with van der Waals surface area (Å²) in [4.78, 5) is 23.4. The average Bonchev–Trinajstić information content (AvgIpc) is 2.84. The summed E-state index contributed by atoms with van der Waals surface area (Å²) in [6.45, 7) is 0. The van der Waals surface area contributed by atoms with E-state index >= 15 is 0 Å². The second-order valence-corrected chi connectivity index (χ2v) is 4.97. The Morgan fingerprint density at radius 1 is 1.35 bits per heavy atom. The summed E-state index contributed by atoms with van der Waals surface area (Å²) in [6.07, 6.45) is 2.60. The normalized spacial score (nSPS) is 21.5. The topological polar surface area (TPSA) is 107 Å². The van der Waals surface area contributed by atoms with E-state index in [2.05, 4.69) is 5.32 Å². The van der Waals surface area contributed by atoms with Gasteiger partial charge in [0.15, 0.2) is 0 Å². The minimum Gasteiger partial charge on any atom is -0.495 e. The van der Waals surface area contributed by atoms with Crippen molar-refractivity contribution < 1.29 is 14.3 Å². The number of anilines is 1. The third kappa shape index (κ3) is 2.91. The molecule has 0 bridgehead atoms. The van der Waals surface area contributed by atoms with Gasteiger partial charge in [-0.25, -0.2) is 0 Å². The molecule has 0 saturated heterocycles. The standard InChI is InChI=1S/C14H19N3O3/c1-20-12-6-5-8(13(16)18)7-11(12)17-14(19)9-3-2-4-10(9)15/h5-7,9-10H,2-4,15H2,1H3,(H2,16,18)(H,17,19). The Labute approximate surface area is 117 Å². The number of carbonyl (C=O) groups excluding carboxylic acids is 2. The summed E-state index contributed by atoms with van der Waals surface area (Å²) in [6, 6.07) is 4.56. The van der Waals surface area contributed by atoms with Crippen LogP contribution in [0.3, 0.4) is 0 Å². The van der Waals surface area contributed by atoms with Crippen molar-refractivity contribution in [1.82, 2.24) is 0 Å². The van der Waals surface area contributed by atoms with Gasteiger partial charge in [-0.15, -0.1) is 0 Å². The van der Waals surface area contributed by atoms with Crippen molar-refractivity contribution in [3.63, 3.8) is 0 Å². The number of primary amides is 1. The molecule has 0 spiro atoms. The van der Waals surface area contributed by atoms with Gasteiger partial charge in [0.2, 0.25) is 11.8 Å². The molecule has 6 heteroatoms. The molecule has 2 atom stereocenters. The lowest BCUT2D eigenvalue weighted by Crippen LogP contribution is -2.34. The zero-order chi connectivity index (χ0) is 14.7. The molecule has 0 heterocycles. The van der Waals surface area contributed by atoms with E-state index in [-0.39, 0.29) is 17.9 Å². The van der Waals surface area contributed by atoms with E-state index in [9.17, 15) is 9.59 Å². The van der Waals surface area contributed by atoms with Crippen LogP contribution in [-0.4, -0.2) is 25.0 Å². The van der Waals surface area contributed by atoms with Crippen LogP contribution >= 0.6 is 0 Å². The van der Waals surface area contributed by atoms with Crippen LogP contribution in [0.25, 0.3) is 0 Å². The SMILES string of the molecule is COc1ccc(C(N)=O)cc1NC(=O)C1CCCC1N. The molecular formula is C14H19N3O3. The molecule has 2 unspecified atom stereocenters. The van der Waals surface area contributed by atoms with Crippen LogP contribution in [-0.2, 0) is 4.79 Å². The van der Waals surface area contributed by atoms with Crippen molar-refractivity contribution in [3.05, 3.63) is 23.8 Å². The van der Waals surface area contributed by atoms with Gasteiger partial charge in [-0.2, -0.15) is 0 Å². The van der Waals surface area contributed by atoms with Gasteiger partial charge in [0, 0.05) is 11.6 Å². The quantitative estimate of drug-likeness (QED) is 0.758. The number of ether oxygens (including phenoxy) is 1. The fraction of sp³-hybridized carbons (Fsp3) is 0.429. The molecule has 1 aromatic rings. The number of nitrogens with one attached hydrogen (secondary N) is 1. The van der Waals surface area contributed by atoms with Crippen LogP contribution < -0.4 is 21.5 Å². The zero-order valence-corrected chi connectivity index (χ0v) is 11.4. The molecule has 0 aromatic heterocycles. The first kappa shape index (κ1) is 14.3. The number of hydrogen-bond acceptors (Lipinski definition) is 4. The van der Waals surface area contributed by atoms with E-state index in [1.54, 1.807) is 12.1 Å². The molecule has 1 aliphatic rings. The van der Waals surface area contributed by atoms with Crippen molar-refractivity contribution in [2.45, 2.75) is 25.3 Å². The van der Waals surface area contributed by atoms with Crippen molar-refractivity contribution in [3.8, 4) is 5.75 Å². The summed E-state index contributed by atoms with van der Waals surface area (Å²) in [5.41, 5.74) is 11.9. The fourth-order valence-electron chi connectivity index (χ4n) is 2.50. The second-order valence-electron chi connectivity index (χ2n) is 4.97. The predicted molar refractivity (Wildman–Crippen MR) is 75.5 cm³/mol. The van der Waals surface area contributed by atoms with Crippen molar-refractivity contribution in [1.29, 1.82) is 0 Å². The molecule has 6 nitrogen and oxygen atoms in total. The van der Waals surface area contributed by atoms with Crippen LogP contribution in [0.5, 0.6) is 5.75 Å². The number of amides is 2. The van der Waals surface area contributed by atoms with Gasteiger partial charge in [-0.1, -0.05) is 6.42 Å². The van der Waals surface area contributed by atoms with Gasteiger partial charge in [0.05, 0.1) is 18.7 Å². The lowest BCUT2D eigenvalue weighted by molar-refractivity contribution is -0.120. The monoisotopic (exact) mass is 277 g/mol. The Kier molecular flexibility index (Phi) is 4.24. The number of methoxy groups -OCH3 is 1. The molecular weight excluding hydrogens is 258 g/mol. The number of nitrogens with two attached hydrogens (primary N) is 2. The van der Waals surface area contributed by atoms with Crippen LogP contribution in [0.15, 0.2) is 18.2 Å². The van der Waals surface area contributed by atoms with Crippen LogP contribution in [0.4, 0.5) is 5.69 Å². The summed E-state index contributed by atoms with van der Waals surface area (Å²) < 4.78 is 5.17. The molecule has 1 saturated carbocycles. The van der Waals surface area contributed by atoms with Crippen molar-refractivity contribution >= 4 is 17.5 Å². The van der Waals surface area contributed by atoms with Gasteiger partial charge in [0.25, 0.3) is 0 Å². The van der Waals surface area contributed by atoms with E-state index in [4.69, 9.17) is 16.2 Å². The predicted octanol–water partition coefficient (Wildman–Crippen LogP) is 0.860. The highest BCUT2D eigenvalue weighted by atomic mass is 16.5. The summed E-state index contributed by atoms with van der Waals surface area (Å²) in [7, 11) is 1.50. The first-order valence-corrected chi connectivity index (χ1v) is 6.57. The van der Waals surface area contributed by atoms with Gasteiger partial charge in [-0.05, 0) is 31.0 Å². The highest BCUT2D eigenvalue weighted by molar-refractivity contribution is 5.98. The molecule has 20 heavy (non-hydrogen) atoms. The molecule has 1 fully saturated rings. The molecule has 0 aliphatic heterocycles. The first-order chi connectivity index (χ1) is 9.52. The van der Waals surface area contributed by atoms with Gasteiger partial charge >= 0.3 is 0 Å². The van der Waals surface area contributed by atoms with Gasteiger partial charge in [-0.3, -0.25) is 9.59 Å². The number of rotatable bonds is 4. The Balaban J connectivity index is 2.20. The lowest BCUT2D eigenvalue weighted by atomic mass is 10.0. The van der Waals surface area contributed by atoms with E-state index in [0.717, 1.165) is 19.3 Å². The minimum atomic E-state index is -0.555. The summed E-state index contributed by atoms with van der Waals surface area (Å²) in [5, 5.41) is 2.78. The van der Waals surface area contributed by atoms with E-state index < -0.39 is 5.91 Å². The molecule has 108 valence electrons. The molecule has 1 aromatic carbocycles. The third-order valence-corrected chi connectivity index (χ3v) is 3.65. The van der Waals surface area contributed by atoms with Crippen LogP contribution in [0, 0.1) is 5.92 Å². The molecule has 2 amide bonds. The van der Waals surface area contributed by atoms with Crippen LogP contribution in [0.1, 0.15) is 29.6 Å². The maximum atomic E-state index is 12.2. The maximum absolute atomic E-state index is 12.2.